The van der Waals surface area contributed by atoms with Crippen LogP contribution < -0.4 is 9.47 Å². The second kappa shape index (κ2) is 20.0. The molecule has 2 amide bonds. The third-order valence-electron chi connectivity index (χ3n) is 10.0. The molecule has 0 spiro atoms. The molecule has 12 nitrogen and oxygen atoms in total. The maximum atomic E-state index is 14.8. The molecule has 1 N–H and O–H groups in total. The van der Waals surface area contributed by atoms with E-state index >= 15 is 0 Å². The zero-order chi connectivity index (χ0) is 42.7. The molecule has 5 unspecified atom stereocenters. The Kier molecular flexibility index (Phi) is 14.9. The summed E-state index contributed by atoms with van der Waals surface area (Å²) in [5.41, 5.74) is 0.624. The molecule has 1 fully saturated rings. The number of carboxylic acids is 1. The van der Waals surface area contributed by atoms with Gasteiger partial charge in [-0.2, -0.15) is 0 Å². The van der Waals surface area contributed by atoms with Crippen molar-refractivity contribution < 1.29 is 48.0 Å². The molecule has 1 aliphatic carbocycles. The first-order valence-electron chi connectivity index (χ1n) is 20.1. The van der Waals surface area contributed by atoms with Crippen LogP contribution in [0.2, 0.25) is 0 Å². The Morgan fingerprint density at radius 1 is 0.576 bits per heavy atom. The Morgan fingerprint density at radius 3 is 1.34 bits per heavy atom. The summed E-state index contributed by atoms with van der Waals surface area (Å²) in [5.74, 6) is -7.50. The lowest BCUT2D eigenvalue weighted by Crippen LogP contribution is -2.64. The molecule has 0 radical (unpaired) electrons. The molecule has 5 rings (SSSR count). The number of benzene rings is 4. The lowest BCUT2D eigenvalue weighted by molar-refractivity contribution is -0.208. The normalized spacial score (nSPS) is 17.7. The van der Waals surface area contributed by atoms with Crippen molar-refractivity contribution >= 4 is 29.7 Å². The van der Waals surface area contributed by atoms with E-state index in [1.54, 1.807) is 54.8 Å². The summed E-state index contributed by atoms with van der Waals surface area (Å²) < 4.78 is 22.7. The summed E-state index contributed by atoms with van der Waals surface area (Å²) in [7, 11) is 0. The number of aliphatic carboxylic acids is 1. The highest BCUT2D eigenvalue weighted by molar-refractivity contribution is 6.00. The number of carbonyl (C=O) groups is 5. The average Bonchev–Trinajstić information content (AvgIpc) is 3.18. The number of carbonyl (C=O) groups excluding carboxylic acids is 4. The van der Waals surface area contributed by atoms with Gasteiger partial charge >= 0.3 is 17.9 Å². The minimum absolute atomic E-state index is 0.130. The predicted molar refractivity (Wildman–Crippen MR) is 220 cm³/mol. The van der Waals surface area contributed by atoms with Crippen LogP contribution in [0.1, 0.15) is 65.5 Å². The van der Waals surface area contributed by atoms with Gasteiger partial charge in [-0.3, -0.25) is 24.0 Å². The van der Waals surface area contributed by atoms with Crippen molar-refractivity contribution in [3.05, 3.63) is 120 Å². The van der Waals surface area contributed by atoms with Crippen LogP contribution in [0.15, 0.2) is 109 Å². The number of amides is 2. The van der Waals surface area contributed by atoms with E-state index in [2.05, 4.69) is 0 Å². The van der Waals surface area contributed by atoms with E-state index < -0.39 is 65.1 Å². The highest BCUT2D eigenvalue weighted by Gasteiger charge is 2.65. The largest absolute Gasteiger partial charge is 0.481 e. The molecule has 0 aliphatic heterocycles. The maximum Gasteiger partial charge on any atom is 0.314 e. The van der Waals surface area contributed by atoms with Crippen LogP contribution in [0, 0.1) is 29.1 Å². The second-order valence-corrected chi connectivity index (χ2v) is 15.7. The van der Waals surface area contributed by atoms with Crippen LogP contribution in [0.3, 0.4) is 0 Å². The molecule has 0 saturated heterocycles. The van der Waals surface area contributed by atoms with E-state index in [0.29, 0.717) is 35.8 Å². The summed E-state index contributed by atoms with van der Waals surface area (Å²) in [6.45, 7) is 10.9. The zero-order valence-electron chi connectivity index (χ0n) is 34.5. The van der Waals surface area contributed by atoms with Gasteiger partial charge < -0.3 is 33.9 Å². The molecule has 1 saturated carbocycles. The Balaban J connectivity index is 1.42. The topological polar surface area (TPSA) is 149 Å². The smallest absolute Gasteiger partial charge is 0.314 e. The van der Waals surface area contributed by atoms with E-state index in [1.807, 2.05) is 98.8 Å². The lowest BCUT2D eigenvalue weighted by Gasteiger charge is -2.49. The predicted octanol–water partition coefficient (Wildman–Crippen LogP) is 8.49. The average molecular weight is 807 g/mol. The summed E-state index contributed by atoms with van der Waals surface area (Å²) in [4.78, 5) is 72.1. The number of nitrogens with zero attached hydrogens (tertiary/aromatic N) is 2. The highest BCUT2D eigenvalue weighted by atomic mass is 16.7. The van der Waals surface area contributed by atoms with Crippen LogP contribution in [-0.2, 0) is 46.5 Å². The van der Waals surface area contributed by atoms with Crippen LogP contribution >= 0.6 is 0 Å². The van der Waals surface area contributed by atoms with Crippen molar-refractivity contribution in [2.45, 2.75) is 73.8 Å². The van der Waals surface area contributed by atoms with Crippen molar-refractivity contribution in [3.8, 4) is 23.0 Å². The van der Waals surface area contributed by atoms with Gasteiger partial charge in [0.25, 0.3) is 0 Å². The van der Waals surface area contributed by atoms with Gasteiger partial charge in [0.1, 0.15) is 23.0 Å². The molecular weight excluding hydrogens is 753 g/mol. The Labute approximate surface area is 346 Å². The molecule has 59 heavy (non-hydrogen) atoms. The van der Waals surface area contributed by atoms with E-state index in [1.165, 1.54) is 6.92 Å². The molecule has 12 heteroatoms. The van der Waals surface area contributed by atoms with Crippen molar-refractivity contribution in [3.63, 3.8) is 0 Å². The van der Waals surface area contributed by atoms with Crippen molar-refractivity contribution in [2.24, 2.45) is 29.1 Å². The van der Waals surface area contributed by atoms with Crippen molar-refractivity contribution in [2.75, 3.05) is 13.1 Å². The summed E-state index contributed by atoms with van der Waals surface area (Å²) in [6.07, 6.45) is -0.268. The van der Waals surface area contributed by atoms with Crippen molar-refractivity contribution in [1.82, 2.24) is 9.80 Å². The van der Waals surface area contributed by atoms with E-state index in [9.17, 15) is 29.1 Å². The number of ether oxygens (including phenoxy) is 4. The van der Waals surface area contributed by atoms with E-state index in [-0.39, 0.29) is 26.2 Å². The quantitative estimate of drug-likeness (QED) is 0.0767. The number of esters is 2. The first-order valence-corrected chi connectivity index (χ1v) is 20.1. The second-order valence-electron chi connectivity index (χ2n) is 15.7. The molecule has 0 bridgehead atoms. The first-order chi connectivity index (χ1) is 28.2. The molecule has 0 aromatic heterocycles. The number of para-hydroxylation sites is 2. The molecule has 312 valence electrons. The fraction of sp³-hybridized carbons (Fsp3) is 0.383. The number of hydrogen-bond acceptors (Lipinski definition) is 9. The number of carboxylic acid groups (broad SMARTS) is 1. The third kappa shape index (κ3) is 11.5. The monoisotopic (exact) mass is 806 g/mol. The summed E-state index contributed by atoms with van der Waals surface area (Å²) in [5, 5.41) is 10.6. The Bertz CT molecular complexity index is 2030. The molecular formula is C47H54N2O10. The number of rotatable bonds is 18. The van der Waals surface area contributed by atoms with E-state index in [4.69, 9.17) is 18.9 Å². The summed E-state index contributed by atoms with van der Waals surface area (Å²) in [6, 6.07) is 33.1. The Morgan fingerprint density at radius 2 is 0.966 bits per heavy atom. The van der Waals surface area contributed by atoms with Crippen LogP contribution in [0.4, 0.5) is 0 Å². The van der Waals surface area contributed by atoms with Crippen LogP contribution in [0.25, 0.3) is 0 Å². The fourth-order valence-electron chi connectivity index (χ4n) is 7.07. The van der Waals surface area contributed by atoms with Gasteiger partial charge in [-0.15, -0.1) is 0 Å². The van der Waals surface area contributed by atoms with E-state index in [0.717, 1.165) is 11.1 Å². The number of hydrogen-bond donors (Lipinski definition) is 1. The third-order valence-corrected chi connectivity index (χ3v) is 10.0. The molecule has 1 aliphatic rings. The first kappa shape index (κ1) is 43.9. The minimum atomic E-state index is -1.58. The SMILES string of the molecule is CCCN(Cc1ccc(Oc2ccccc2)cc1)C(=O)C1C(C(=O)O)C(C(=O)OC(C)OC(=O)C(C)(C)C)C1C(=O)N(CCC)Cc1ccc(Oc2ccccc2)cc1. The van der Waals surface area contributed by atoms with Gasteiger partial charge in [-0.25, -0.2) is 0 Å². The molecule has 5 atom stereocenters. The summed E-state index contributed by atoms with van der Waals surface area (Å²) >= 11 is 0. The van der Waals surface area contributed by atoms with Crippen LogP contribution in [0.5, 0.6) is 23.0 Å². The fourth-order valence-corrected chi connectivity index (χ4v) is 7.07. The van der Waals surface area contributed by atoms with Gasteiger partial charge in [0.15, 0.2) is 0 Å². The van der Waals surface area contributed by atoms with Gasteiger partial charge in [-0.05, 0) is 93.3 Å². The van der Waals surface area contributed by atoms with Gasteiger partial charge in [-0.1, -0.05) is 74.5 Å². The maximum absolute atomic E-state index is 14.8. The zero-order valence-corrected chi connectivity index (χ0v) is 34.5. The molecule has 4 aromatic carbocycles. The lowest BCUT2D eigenvalue weighted by atomic mass is 9.55. The molecule has 0 heterocycles. The van der Waals surface area contributed by atoms with Crippen LogP contribution in [-0.4, -0.2) is 64.0 Å². The van der Waals surface area contributed by atoms with Gasteiger partial charge in [0.05, 0.1) is 29.1 Å². The van der Waals surface area contributed by atoms with Crippen molar-refractivity contribution in [1.29, 1.82) is 0 Å². The molecule has 4 aromatic rings. The standard InChI is InChI=1S/C47H54N2O10/c1-7-27-48(29-32-19-23-36(24-20-32)58-34-15-11-9-12-16-34)42(50)38-39(41(40(38)44(52)53)45(54)56-31(3)57-46(55)47(4,5)6)43(51)49(28-8-2)30-33-21-25-37(26-22-33)59-35-17-13-10-14-18-35/h9-26,31,38-41H,7-8,27-30H2,1-6H3,(H,52,53). The van der Waals surface area contributed by atoms with Gasteiger partial charge in [0, 0.05) is 33.1 Å². The van der Waals surface area contributed by atoms with Gasteiger partial charge in [0.2, 0.25) is 18.1 Å². The minimum Gasteiger partial charge on any atom is -0.481 e. The Hall–Kier alpha value is -6.17. The highest BCUT2D eigenvalue weighted by Crippen LogP contribution is 2.50.